The van der Waals surface area contributed by atoms with Crippen molar-refractivity contribution in [1.29, 1.82) is 0 Å². The number of nitrogens with one attached hydrogen (secondary N) is 2. The number of carbonyl (C=O) groups excluding carboxylic acids is 1. The van der Waals surface area contributed by atoms with E-state index in [9.17, 15) is 4.79 Å². The van der Waals surface area contributed by atoms with Gasteiger partial charge in [-0.15, -0.1) is 0 Å². The highest BCUT2D eigenvalue weighted by Gasteiger charge is 1.98. The molecule has 0 radical (unpaired) electrons. The van der Waals surface area contributed by atoms with Gasteiger partial charge in [0, 0.05) is 12.7 Å². The second-order valence-electron chi connectivity index (χ2n) is 5.39. The van der Waals surface area contributed by atoms with Crippen molar-refractivity contribution in [1.82, 2.24) is 10.6 Å². The minimum absolute atomic E-state index is 0.184. The van der Waals surface area contributed by atoms with Gasteiger partial charge in [0.05, 0.1) is 0 Å². The predicted molar refractivity (Wildman–Crippen MR) is 91.6 cm³/mol. The Morgan fingerprint density at radius 3 is 2.50 bits per heavy atom. The predicted octanol–water partition coefficient (Wildman–Crippen LogP) is 3.82. The summed E-state index contributed by atoms with van der Waals surface area (Å²) in [5.74, 6) is 0. The summed E-state index contributed by atoms with van der Waals surface area (Å²) in [5.41, 5.74) is 4.74. The Bertz CT molecular complexity index is 662. The van der Waals surface area contributed by atoms with Crippen LogP contribution in [0.5, 0.6) is 0 Å². The molecule has 0 heterocycles. The van der Waals surface area contributed by atoms with Crippen LogP contribution in [-0.2, 0) is 6.42 Å². The highest BCUT2D eigenvalue weighted by molar-refractivity contribution is 5.75. The molecule has 2 aromatic carbocycles. The van der Waals surface area contributed by atoms with Crippen LogP contribution in [0, 0.1) is 13.8 Å². The van der Waals surface area contributed by atoms with Crippen molar-refractivity contribution < 1.29 is 4.79 Å². The van der Waals surface area contributed by atoms with E-state index in [2.05, 4.69) is 41.8 Å². The van der Waals surface area contributed by atoms with Gasteiger partial charge in [-0.3, -0.25) is 0 Å². The van der Waals surface area contributed by atoms with Crippen LogP contribution in [0.15, 0.2) is 54.7 Å². The number of carbonyl (C=O) groups is 1. The molecule has 3 nitrogen and oxygen atoms in total. The number of amides is 2. The molecule has 2 aromatic rings. The molecule has 2 N–H and O–H groups in total. The van der Waals surface area contributed by atoms with Crippen molar-refractivity contribution in [3.8, 4) is 0 Å². The minimum Gasteiger partial charge on any atom is -0.338 e. The number of rotatable bonds is 5. The number of hydrogen-bond donors (Lipinski definition) is 2. The second kappa shape index (κ2) is 8.03. The van der Waals surface area contributed by atoms with Crippen LogP contribution in [0.2, 0.25) is 0 Å². The number of aryl methyl sites for hydroxylation is 2. The van der Waals surface area contributed by atoms with Gasteiger partial charge in [-0.05, 0) is 37.5 Å². The molecule has 0 spiro atoms. The van der Waals surface area contributed by atoms with Gasteiger partial charge >= 0.3 is 6.03 Å². The number of benzene rings is 2. The molecule has 0 aliphatic carbocycles. The van der Waals surface area contributed by atoms with Gasteiger partial charge < -0.3 is 10.6 Å². The third-order valence-electron chi connectivity index (χ3n) is 3.31. The van der Waals surface area contributed by atoms with Crippen LogP contribution >= 0.6 is 0 Å². The fourth-order valence-corrected chi connectivity index (χ4v) is 2.23. The maximum Gasteiger partial charge on any atom is 0.318 e. The molecular weight excluding hydrogens is 272 g/mol. The second-order valence-corrected chi connectivity index (χ2v) is 5.39. The molecule has 3 heteroatoms. The molecule has 114 valence electrons. The Hall–Kier alpha value is -2.55. The zero-order valence-electron chi connectivity index (χ0n) is 13.1. The Labute approximate surface area is 132 Å². The van der Waals surface area contributed by atoms with Crippen molar-refractivity contribution in [2.24, 2.45) is 0 Å². The smallest absolute Gasteiger partial charge is 0.318 e. The zero-order valence-corrected chi connectivity index (χ0v) is 13.1. The van der Waals surface area contributed by atoms with E-state index < -0.39 is 0 Å². The highest BCUT2D eigenvalue weighted by Crippen LogP contribution is 2.05. The average Bonchev–Trinajstić information content (AvgIpc) is 2.47. The quantitative estimate of drug-likeness (QED) is 0.865. The lowest BCUT2D eigenvalue weighted by molar-refractivity contribution is 0.244. The van der Waals surface area contributed by atoms with E-state index in [0.717, 1.165) is 12.0 Å². The van der Waals surface area contributed by atoms with E-state index in [1.165, 1.54) is 16.7 Å². The first-order chi connectivity index (χ1) is 10.6. The van der Waals surface area contributed by atoms with Gasteiger partial charge in [0.15, 0.2) is 0 Å². The Morgan fingerprint density at radius 2 is 1.77 bits per heavy atom. The van der Waals surface area contributed by atoms with Gasteiger partial charge in [-0.2, -0.15) is 0 Å². The maximum atomic E-state index is 11.7. The largest absolute Gasteiger partial charge is 0.338 e. The fourth-order valence-electron chi connectivity index (χ4n) is 2.23. The lowest BCUT2D eigenvalue weighted by Gasteiger charge is -2.05. The van der Waals surface area contributed by atoms with E-state index in [1.807, 2.05) is 37.3 Å². The van der Waals surface area contributed by atoms with Crippen LogP contribution in [0.1, 0.15) is 22.3 Å². The summed E-state index contributed by atoms with van der Waals surface area (Å²) < 4.78 is 0. The van der Waals surface area contributed by atoms with E-state index in [1.54, 1.807) is 6.20 Å². The molecule has 22 heavy (non-hydrogen) atoms. The molecule has 0 unspecified atom stereocenters. The first-order valence-electron chi connectivity index (χ1n) is 7.46. The molecule has 2 rings (SSSR count). The van der Waals surface area contributed by atoms with E-state index in [4.69, 9.17) is 0 Å². The summed E-state index contributed by atoms with van der Waals surface area (Å²) in [6.07, 6.45) is 4.38. The van der Waals surface area contributed by atoms with Crippen LogP contribution in [0.3, 0.4) is 0 Å². The summed E-state index contributed by atoms with van der Waals surface area (Å²) in [6, 6.07) is 16.2. The topological polar surface area (TPSA) is 41.1 Å². The Kier molecular flexibility index (Phi) is 5.78. The van der Waals surface area contributed by atoms with E-state index >= 15 is 0 Å². The first kappa shape index (κ1) is 15.8. The highest BCUT2D eigenvalue weighted by atomic mass is 16.2. The molecule has 0 aliphatic heterocycles. The fraction of sp³-hybridized carbons (Fsp3) is 0.211. The average molecular weight is 294 g/mol. The lowest BCUT2D eigenvalue weighted by atomic mass is 10.1. The van der Waals surface area contributed by atoms with Gasteiger partial charge in [-0.25, -0.2) is 4.79 Å². The molecule has 2 amide bonds. The van der Waals surface area contributed by atoms with Crippen molar-refractivity contribution in [3.63, 3.8) is 0 Å². The zero-order chi connectivity index (χ0) is 15.8. The molecule has 0 bridgehead atoms. The van der Waals surface area contributed by atoms with Gasteiger partial charge in [-0.1, -0.05) is 59.7 Å². The standard InChI is InChI=1S/C19H22N2O/c1-15-5-3-7-17(13-15)9-11-20-19(22)21-12-10-18-8-4-6-16(2)14-18/h3-9,11,13-14H,10,12H2,1-2H3,(H2,20,21,22)/b11-9+. The monoisotopic (exact) mass is 294 g/mol. The summed E-state index contributed by atoms with van der Waals surface area (Å²) in [4.78, 5) is 11.7. The number of urea groups is 1. The van der Waals surface area contributed by atoms with Crippen molar-refractivity contribution in [2.75, 3.05) is 6.54 Å². The maximum absolute atomic E-state index is 11.7. The number of hydrogen-bond acceptors (Lipinski definition) is 1. The van der Waals surface area contributed by atoms with Crippen molar-refractivity contribution in [2.45, 2.75) is 20.3 Å². The third kappa shape index (κ3) is 5.44. The molecule has 0 fully saturated rings. The molecule has 0 atom stereocenters. The van der Waals surface area contributed by atoms with Crippen molar-refractivity contribution >= 4 is 12.1 Å². The van der Waals surface area contributed by atoms with Gasteiger partial charge in [0.25, 0.3) is 0 Å². The van der Waals surface area contributed by atoms with Gasteiger partial charge in [0.1, 0.15) is 0 Å². The summed E-state index contributed by atoms with van der Waals surface area (Å²) in [5, 5.41) is 5.56. The Morgan fingerprint density at radius 1 is 1.05 bits per heavy atom. The van der Waals surface area contributed by atoms with Crippen LogP contribution in [0.25, 0.3) is 6.08 Å². The SMILES string of the molecule is Cc1cccc(/C=C/NC(=O)NCCc2cccc(C)c2)c1. The summed E-state index contributed by atoms with van der Waals surface area (Å²) in [6.45, 7) is 4.73. The molecule has 0 aromatic heterocycles. The molecule has 0 saturated heterocycles. The third-order valence-corrected chi connectivity index (χ3v) is 3.31. The minimum atomic E-state index is -0.184. The van der Waals surface area contributed by atoms with E-state index in [-0.39, 0.29) is 6.03 Å². The van der Waals surface area contributed by atoms with Crippen molar-refractivity contribution in [3.05, 3.63) is 77.0 Å². The lowest BCUT2D eigenvalue weighted by Crippen LogP contribution is -2.33. The Balaban J connectivity index is 1.72. The summed E-state index contributed by atoms with van der Waals surface area (Å²) >= 11 is 0. The molecule has 0 aliphatic rings. The van der Waals surface area contributed by atoms with E-state index in [0.29, 0.717) is 6.54 Å². The van der Waals surface area contributed by atoms with Crippen LogP contribution in [-0.4, -0.2) is 12.6 Å². The molecule has 0 saturated carbocycles. The summed E-state index contributed by atoms with van der Waals surface area (Å²) in [7, 11) is 0. The normalized spacial score (nSPS) is 10.6. The van der Waals surface area contributed by atoms with Crippen LogP contribution < -0.4 is 10.6 Å². The van der Waals surface area contributed by atoms with Gasteiger partial charge in [0.2, 0.25) is 0 Å². The van der Waals surface area contributed by atoms with Crippen LogP contribution in [0.4, 0.5) is 4.79 Å². The first-order valence-corrected chi connectivity index (χ1v) is 7.46. The molecular formula is C19H22N2O.